The highest BCUT2D eigenvalue weighted by atomic mass is 16.5. The fourth-order valence-corrected chi connectivity index (χ4v) is 3.14. The van der Waals surface area contributed by atoms with Gasteiger partial charge in [-0.05, 0) is 50.6 Å². The van der Waals surface area contributed by atoms with E-state index in [1.807, 2.05) is 0 Å². The Labute approximate surface area is 158 Å². The molecule has 1 atom stereocenters. The number of nitrogens with one attached hydrogen (secondary N) is 3. The van der Waals surface area contributed by atoms with Crippen molar-refractivity contribution in [2.45, 2.75) is 20.8 Å². The lowest BCUT2D eigenvalue weighted by molar-refractivity contribution is -0.861. The molecule has 0 aliphatic carbocycles. The molecule has 1 unspecified atom stereocenters. The number of methoxy groups -OCH3 is 1. The van der Waals surface area contributed by atoms with Crippen LogP contribution in [0.4, 0.5) is 5.69 Å². The van der Waals surface area contributed by atoms with Crippen LogP contribution >= 0.6 is 0 Å². The van der Waals surface area contributed by atoms with Gasteiger partial charge < -0.3 is 19.9 Å². The number of hydrogen-bond donors (Lipinski definition) is 3. The van der Waals surface area contributed by atoms with Gasteiger partial charge in [-0.25, -0.2) is 0 Å². The summed E-state index contributed by atoms with van der Waals surface area (Å²) in [5.41, 5.74) is 3.03. The predicted octanol–water partition coefficient (Wildman–Crippen LogP) is 1.18. The third-order valence-electron chi connectivity index (χ3n) is 4.37. The van der Waals surface area contributed by atoms with E-state index in [-0.39, 0.29) is 30.6 Å². The monoisotopic (exact) mass is 372 g/mol. The number of hydrogen-bond acceptors (Lipinski definition) is 4. The Morgan fingerprint density at radius 1 is 1.11 bits per heavy atom. The SMILES string of the molecule is COc1ccc(NC(=O)C[NH+](C)CC(=O)c2[nH]c(C)c(C(C)=O)c2C)cc1. The molecule has 1 amide bonds. The number of carbonyl (C=O) groups excluding carboxylic acids is 3. The molecule has 0 radical (unpaired) electrons. The lowest BCUT2D eigenvalue weighted by Gasteiger charge is -2.13. The quantitative estimate of drug-likeness (QED) is 0.607. The minimum atomic E-state index is -0.186. The van der Waals surface area contributed by atoms with Gasteiger partial charge in [0.15, 0.2) is 12.3 Å². The minimum Gasteiger partial charge on any atom is -0.497 e. The van der Waals surface area contributed by atoms with Gasteiger partial charge in [0.1, 0.15) is 12.3 Å². The van der Waals surface area contributed by atoms with Crippen LogP contribution < -0.4 is 15.0 Å². The van der Waals surface area contributed by atoms with Crippen LogP contribution in [-0.2, 0) is 4.79 Å². The molecular weight excluding hydrogens is 346 g/mol. The van der Waals surface area contributed by atoms with E-state index in [0.717, 1.165) is 4.90 Å². The van der Waals surface area contributed by atoms with E-state index < -0.39 is 0 Å². The molecule has 7 nitrogen and oxygen atoms in total. The zero-order chi connectivity index (χ0) is 20.1. The number of rotatable bonds is 8. The molecule has 0 bridgehead atoms. The molecule has 2 rings (SSSR count). The van der Waals surface area contributed by atoms with E-state index in [1.54, 1.807) is 52.3 Å². The second kappa shape index (κ2) is 8.64. The highest BCUT2D eigenvalue weighted by Crippen LogP contribution is 2.18. The smallest absolute Gasteiger partial charge is 0.279 e. The van der Waals surface area contributed by atoms with Crippen LogP contribution in [-0.4, -0.2) is 49.7 Å². The number of amides is 1. The molecule has 2 aromatic rings. The van der Waals surface area contributed by atoms with Crippen molar-refractivity contribution in [1.82, 2.24) is 4.98 Å². The number of carbonyl (C=O) groups is 3. The number of aryl methyl sites for hydroxylation is 1. The summed E-state index contributed by atoms with van der Waals surface area (Å²) in [6.45, 7) is 5.32. The highest BCUT2D eigenvalue weighted by molar-refractivity contribution is 6.03. The van der Waals surface area contributed by atoms with Crippen LogP contribution in [0.15, 0.2) is 24.3 Å². The Kier molecular flexibility index (Phi) is 6.52. The molecule has 0 spiro atoms. The van der Waals surface area contributed by atoms with E-state index in [1.165, 1.54) is 6.92 Å². The standard InChI is InChI=1S/C20H25N3O4/c1-12-19(14(3)24)13(2)21-20(12)17(25)10-23(4)11-18(26)22-15-6-8-16(27-5)9-7-15/h6-9,21H,10-11H2,1-5H3,(H,22,26)/p+1. The van der Waals surface area contributed by atoms with Crippen LogP contribution in [0.25, 0.3) is 0 Å². The zero-order valence-electron chi connectivity index (χ0n) is 16.4. The van der Waals surface area contributed by atoms with Crippen molar-refractivity contribution < 1.29 is 24.0 Å². The Bertz CT molecular complexity index is 853. The van der Waals surface area contributed by atoms with E-state index in [2.05, 4.69) is 10.3 Å². The number of anilines is 1. The molecule has 1 heterocycles. The highest BCUT2D eigenvalue weighted by Gasteiger charge is 2.22. The van der Waals surface area contributed by atoms with Crippen molar-refractivity contribution in [2.24, 2.45) is 0 Å². The maximum atomic E-state index is 12.6. The van der Waals surface area contributed by atoms with Gasteiger partial charge in [-0.2, -0.15) is 0 Å². The third kappa shape index (κ3) is 5.04. The van der Waals surface area contributed by atoms with Gasteiger partial charge in [0.2, 0.25) is 5.78 Å². The van der Waals surface area contributed by atoms with Crippen molar-refractivity contribution in [2.75, 3.05) is 32.6 Å². The Morgan fingerprint density at radius 2 is 1.74 bits per heavy atom. The van der Waals surface area contributed by atoms with E-state index in [0.29, 0.717) is 34.0 Å². The van der Waals surface area contributed by atoms with Crippen LogP contribution in [0.2, 0.25) is 0 Å². The second-order valence-electron chi connectivity index (χ2n) is 6.69. The topological polar surface area (TPSA) is 92.7 Å². The maximum Gasteiger partial charge on any atom is 0.279 e. The van der Waals surface area contributed by atoms with E-state index in [9.17, 15) is 14.4 Å². The van der Waals surface area contributed by atoms with Gasteiger partial charge in [-0.15, -0.1) is 0 Å². The summed E-state index contributed by atoms with van der Waals surface area (Å²) in [6.07, 6.45) is 0. The van der Waals surface area contributed by atoms with Crippen LogP contribution in [0.1, 0.15) is 39.0 Å². The first kappa shape index (κ1) is 20.4. The number of benzene rings is 1. The number of ether oxygens (including phenoxy) is 1. The molecule has 144 valence electrons. The zero-order valence-corrected chi connectivity index (χ0v) is 16.4. The van der Waals surface area contributed by atoms with Crippen molar-refractivity contribution >= 4 is 23.2 Å². The van der Waals surface area contributed by atoms with Crippen LogP contribution in [0.5, 0.6) is 5.75 Å². The van der Waals surface area contributed by atoms with Crippen molar-refractivity contribution in [3.63, 3.8) is 0 Å². The molecule has 0 saturated heterocycles. The molecule has 1 aromatic heterocycles. The molecule has 0 saturated carbocycles. The molecule has 0 fully saturated rings. The lowest BCUT2D eigenvalue weighted by atomic mass is 10.1. The van der Waals surface area contributed by atoms with Crippen molar-refractivity contribution in [1.29, 1.82) is 0 Å². The number of quaternary nitrogens is 1. The number of aromatic nitrogens is 1. The van der Waals surface area contributed by atoms with Crippen LogP contribution in [0.3, 0.4) is 0 Å². The predicted molar refractivity (Wildman–Crippen MR) is 103 cm³/mol. The van der Waals surface area contributed by atoms with Crippen molar-refractivity contribution in [3.05, 3.63) is 46.8 Å². The number of ketones is 2. The van der Waals surface area contributed by atoms with E-state index >= 15 is 0 Å². The first-order valence-electron chi connectivity index (χ1n) is 8.71. The Morgan fingerprint density at radius 3 is 2.26 bits per heavy atom. The normalized spacial score (nSPS) is 11.7. The summed E-state index contributed by atoms with van der Waals surface area (Å²) in [5.74, 6) is 0.329. The Balaban J connectivity index is 1.95. The van der Waals surface area contributed by atoms with Gasteiger partial charge in [-0.3, -0.25) is 14.4 Å². The summed E-state index contributed by atoms with van der Waals surface area (Å²) >= 11 is 0. The number of aromatic amines is 1. The molecule has 7 heteroatoms. The van der Waals surface area contributed by atoms with Gasteiger partial charge in [0.05, 0.1) is 19.9 Å². The first-order valence-corrected chi connectivity index (χ1v) is 8.71. The fourth-order valence-electron chi connectivity index (χ4n) is 3.14. The summed E-state index contributed by atoms with van der Waals surface area (Å²) in [7, 11) is 3.36. The molecule has 3 N–H and O–H groups in total. The number of Topliss-reactive ketones (excluding diaryl/α,β-unsaturated/α-hetero) is 2. The van der Waals surface area contributed by atoms with Gasteiger partial charge in [0, 0.05) is 16.9 Å². The summed E-state index contributed by atoms with van der Waals surface area (Å²) in [6, 6.07) is 7.04. The second-order valence-corrected chi connectivity index (χ2v) is 6.69. The van der Waals surface area contributed by atoms with E-state index in [4.69, 9.17) is 4.74 Å². The molecular formula is C20H26N3O4+. The van der Waals surface area contributed by atoms with Gasteiger partial charge >= 0.3 is 0 Å². The molecule has 0 aliphatic rings. The summed E-state index contributed by atoms with van der Waals surface area (Å²) in [4.78, 5) is 40.2. The lowest BCUT2D eigenvalue weighted by Crippen LogP contribution is -3.11. The van der Waals surface area contributed by atoms with Crippen molar-refractivity contribution in [3.8, 4) is 5.75 Å². The van der Waals surface area contributed by atoms with Gasteiger partial charge in [0.25, 0.3) is 5.91 Å². The average molecular weight is 372 g/mol. The van der Waals surface area contributed by atoms with Crippen LogP contribution in [0, 0.1) is 13.8 Å². The maximum absolute atomic E-state index is 12.6. The fraction of sp³-hybridized carbons (Fsp3) is 0.350. The summed E-state index contributed by atoms with van der Waals surface area (Å²) in [5, 5.41) is 2.80. The number of likely N-dealkylation sites (N-methyl/N-ethyl adjacent to an activating group) is 1. The summed E-state index contributed by atoms with van der Waals surface area (Å²) < 4.78 is 5.08. The molecule has 0 aliphatic heterocycles. The Hall–Kier alpha value is -2.93. The molecule has 1 aromatic carbocycles. The average Bonchev–Trinajstić information content (AvgIpc) is 2.89. The molecule has 27 heavy (non-hydrogen) atoms. The minimum absolute atomic E-state index is 0.0696. The third-order valence-corrected chi connectivity index (χ3v) is 4.37. The van der Waals surface area contributed by atoms with Gasteiger partial charge in [-0.1, -0.05) is 0 Å². The largest absolute Gasteiger partial charge is 0.497 e. The number of H-pyrrole nitrogens is 1. The first-order chi connectivity index (χ1) is 12.7.